The van der Waals surface area contributed by atoms with Crippen LogP contribution in [0.4, 0.5) is 0 Å². The van der Waals surface area contributed by atoms with Gasteiger partial charge in [0.2, 0.25) is 0 Å². The molecule has 2 rings (SSSR count). The molecule has 100 valence electrons. The van der Waals surface area contributed by atoms with Crippen molar-refractivity contribution in [3.8, 4) is 0 Å². The van der Waals surface area contributed by atoms with E-state index < -0.39 is 0 Å². The molecule has 0 fully saturated rings. The van der Waals surface area contributed by atoms with Gasteiger partial charge in [-0.3, -0.25) is 4.79 Å². The van der Waals surface area contributed by atoms with Crippen LogP contribution >= 0.6 is 34.5 Å². The van der Waals surface area contributed by atoms with Crippen LogP contribution in [0.5, 0.6) is 0 Å². The van der Waals surface area contributed by atoms with Crippen LogP contribution < -0.4 is 5.32 Å². The Morgan fingerprint density at radius 2 is 1.89 bits per heavy atom. The lowest BCUT2D eigenvalue weighted by Gasteiger charge is -2.05. The van der Waals surface area contributed by atoms with Gasteiger partial charge in [0.1, 0.15) is 0 Å². The Balaban J connectivity index is 2.07. The number of benzene rings is 1. The number of amides is 1. The molecule has 0 bridgehead atoms. The van der Waals surface area contributed by atoms with E-state index in [9.17, 15) is 4.79 Å². The molecule has 1 heterocycles. The van der Waals surface area contributed by atoms with E-state index in [1.165, 1.54) is 0 Å². The van der Waals surface area contributed by atoms with Gasteiger partial charge in [-0.05, 0) is 32.0 Å². The maximum absolute atomic E-state index is 12.0. The van der Waals surface area contributed by atoms with Crippen molar-refractivity contribution in [3.63, 3.8) is 0 Å². The number of aryl methyl sites for hydroxylation is 2. The van der Waals surface area contributed by atoms with Gasteiger partial charge in [0.25, 0.3) is 5.91 Å². The van der Waals surface area contributed by atoms with Crippen molar-refractivity contribution < 1.29 is 4.79 Å². The summed E-state index contributed by atoms with van der Waals surface area (Å²) in [5.74, 6) is -0.199. The SMILES string of the molecule is Cc1nc(C)c(CNC(=O)c2cc(Cl)cc(Cl)c2)s1. The molecule has 1 amide bonds. The van der Waals surface area contributed by atoms with Crippen molar-refractivity contribution in [2.24, 2.45) is 0 Å². The van der Waals surface area contributed by atoms with E-state index in [-0.39, 0.29) is 5.91 Å². The van der Waals surface area contributed by atoms with Gasteiger partial charge in [-0.25, -0.2) is 4.98 Å². The average molecular weight is 315 g/mol. The van der Waals surface area contributed by atoms with Gasteiger partial charge >= 0.3 is 0 Å². The molecule has 19 heavy (non-hydrogen) atoms. The topological polar surface area (TPSA) is 42.0 Å². The van der Waals surface area contributed by atoms with Crippen LogP contribution in [0.25, 0.3) is 0 Å². The monoisotopic (exact) mass is 314 g/mol. The summed E-state index contributed by atoms with van der Waals surface area (Å²) in [6.07, 6.45) is 0. The third-order valence-corrected chi connectivity index (χ3v) is 4.04. The van der Waals surface area contributed by atoms with Crippen molar-refractivity contribution in [1.82, 2.24) is 10.3 Å². The summed E-state index contributed by atoms with van der Waals surface area (Å²) in [5.41, 5.74) is 1.41. The fourth-order valence-electron chi connectivity index (χ4n) is 1.69. The summed E-state index contributed by atoms with van der Waals surface area (Å²) in [6, 6.07) is 4.78. The smallest absolute Gasteiger partial charge is 0.251 e. The minimum absolute atomic E-state index is 0.199. The molecule has 1 aromatic heterocycles. The van der Waals surface area contributed by atoms with Gasteiger partial charge in [-0.2, -0.15) is 0 Å². The number of hydrogen-bond acceptors (Lipinski definition) is 3. The van der Waals surface area contributed by atoms with E-state index >= 15 is 0 Å². The molecule has 0 unspecified atom stereocenters. The molecule has 1 aromatic carbocycles. The van der Waals surface area contributed by atoms with E-state index in [1.54, 1.807) is 29.5 Å². The van der Waals surface area contributed by atoms with Crippen LogP contribution in [0, 0.1) is 13.8 Å². The summed E-state index contributed by atoms with van der Waals surface area (Å²) in [5, 5.41) is 4.72. The first kappa shape index (κ1) is 14.3. The van der Waals surface area contributed by atoms with Crippen molar-refractivity contribution in [2.75, 3.05) is 0 Å². The summed E-state index contributed by atoms with van der Waals surface area (Å²) in [7, 11) is 0. The zero-order chi connectivity index (χ0) is 14.0. The minimum Gasteiger partial charge on any atom is -0.347 e. The highest BCUT2D eigenvalue weighted by atomic mass is 35.5. The molecular weight excluding hydrogens is 303 g/mol. The zero-order valence-corrected chi connectivity index (χ0v) is 12.8. The number of carbonyl (C=O) groups is 1. The predicted molar refractivity (Wildman–Crippen MR) is 79.2 cm³/mol. The average Bonchev–Trinajstić information content (AvgIpc) is 2.63. The molecule has 0 saturated carbocycles. The number of thiazole rings is 1. The Morgan fingerprint density at radius 3 is 2.42 bits per heavy atom. The second-order valence-electron chi connectivity index (χ2n) is 4.08. The van der Waals surface area contributed by atoms with Crippen LogP contribution in [0.3, 0.4) is 0 Å². The third kappa shape index (κ3) is 3.69. The van der Waals surface area contributed by atoms with Crippen LogP contribution in [0.15, 0.2) is 18.2 Å². The van der Waals surface area contributed by atoms with E-state index in [2.05, 4.69) is 10.3 Å². The summed E-state index contributed by atoms with van der Waals surface area (Å²) in [6.45, 7) is 4.33. The highest BCUT2D eigenvalue weighted by molar-refractivity contribution is 7.11. The first-order valence-corrected chi connectivity index (χ1v) is 7.20. The number of nitrogens with zero attached hydrogens (tertiary/aromatic N) is 1. The molecule has 0 spiro atoms. The second-order valence-corrected chi connectivity index (χ2v) is 6.24. The first-order valence-electron chi connectivity index (χ1n) is 5.63. The van der Waals surface area contributed by atoms with Crippen LogP contribution in [-0.4, -0.2) is 10.9 Å². The zero-order valence-electron chi connectivity index (χ0n) is 10.5. The molecule has 0 aliphatic rings. The van der Waals surface area contributed by atoms with E-state index in [1.807, 2.05) is 13.8 Å². The highest BCUT2D eigenvalue weighted by Crippen LogP contribution is 2.20. The maximum Gasteiger partial charge on any atom is 0.251 e. The number of nitrogens with one attached hydrogen (secondary N) is 1. The molecule has 3 nitrogen and oxygen atoms in total. The normalized spacial score (nSPS) is 10.5. The van der Waals surface area contributed by atoms with Crippen LogP contribution in [0.2, 0.25) is 10.0 Å². The molecular formula is C13H12Cl2N2OS. The second kappa shape index (κ2) is 5.90. The predicted octanol–water partition coefficient (Wildman–Crippen LogP) is 4.00. The molecule has 0 aliphatic carbocycles. The lowest BCUT2D eigenvalue weighted by atomic mass is 10.2. The summed E-state index contributed by atoms with van der Waals surface area (Å²) in [4.78, 5) is 17.4. The molecule has 1 N–H and O–H groups in total. The van der Waals surface area contributed by atoms with Crippen molar-refractivity contribution in [1.29, 1.82) is 0 Å². The molecule has 2 aromatic rings. The molecule has 0 saturated heterocycles. The number of carbonyl (C=O) groups excluding carboxylic acids is 1. The fourth-order valence-corrected chi connectivity index (χ4v) is 3.09. The Hall–Kier alpha value is -1.10. The highest BCUT2D eigenvalue weighted by Gasteiger charge is 2.10. The van der Waals surface area contributed by atoms with E-state index in [4.69, 9.17) is 23.2 Å². The Kier molecular flexibility index (Phi) is 4.45. The fraction of sp³-hybridized carbons (Fsp3) is 0.231. The van der Waals surface area contributed by atoms with Gasteiger partial charge in [0.05, 0.1) is 17.2 Å². The Labute approximate surface area is 125 Å². The largest absolute Gasteiger partial charge is 0.347 e. The van der Waals surface area contributed by atoms with Crippen molar-refractivity contribution in [2.45, 2.75) is 20.4 Å². The first-order chi connectivity index (χ1) is 8.95. The number of hydrogen-bond donors (Lipinski definition) is 1. The van der Waals surface area contributed by atoms with Gasteiger partial charge in [-0.1, -0.05) is 23.2 Å². The van der Waals surface area contributed by atoms with Gasteiger partial charge < -0.3 is 5.32 Å². The number of aromatic nitrogens is 1. The summed E-state index contributed by atoms with van der Waals surface area (Å²) < 4.78 is 0. The van der Waals surface area contributed by atoms with Crippen LogP contribution in [0.1, 0.15) is 25.9 Å². The number of rotatable bonds is 3. The van der Waals surface area contributed by atoms with Gasteiger partial charge in [0.15, 0.2) is 0 Å². The quantitative estimate of drug-likeness (QED) is 0.930. The molecule has 0 atom stereocenters. The Bertz CT molecular complexity index is 605. The summed E-state index contributed by atoms with van der Waals surface area (Å²) >= 11 is 13.3. The standard InChI is InChI=1S/C13H12Cl2N2OS/c1-7-12(19-8(2)17-7)6-16-13(18)9-3-10(14)5-11(15)4-9/h3-5H,6H2,1-2H3,(H,16,18). The lowest BCUT2D eigenvalue weighted by molar-refractivity contribution is 0.0951. The molecule has 0 radical (unpaired) electrons. The molecule has 6 heteroatoms. The van der Waals surface area contributed by atoms with E-state index in [0.717, 1.165) is 15.6 Å². The lowest BCUT2D eigenvalue weighted by Crippen LogP contribution is -2.22. The Morgan fingerprint density at radius 1 is 1.26 bits per heavy atom. The minimum atomic E-state index is -0.199. The maximum atomic E-state index is 12.0. The third-order valence-electron chi connectivity index (χ3n) is 2.53. The number of halogens is 2. The van der Waals surface area contributed by atoms with Crippen LogP contribution in [-0.2, 0) is 6.54 Å². The molecule has 0 aliphatic heterocycles. The van der Waals surface area contributed by atoms with E-state index in [0.29, 0.717) is 22.2 Å². The van der Waals surface area contributed by atoms with Gasteiger partial charge in [-0.15, -0.1) is 11.3 Å². The van der Waals surface area contributed by atoms with Crippen molar-refractivity contribution in [3.05, 3.63) is 49.4 Å². The van der Waals surface area contributed by atoms with Gasteiger partial charge in [0, 0.05) is 20.5 Å². The van der Waals surface area contributed by atoms with Crippen molar-refractivity contribution >= 4 is 40.4 Å².